The summed E-state index contributed by atoms with van der Waals surface area (Å²) in [4.78, 5) is 41.3. The number of hydrogen-bond acceptors (Lipinski definition) is 6. The number of imide groups is 1. The standard InChI is InChI=1S/C25H28BFN4O4/c26-25(7-6-22(32)29-24(25)34)31-15-19-18(23(31)33)2-1-3-21(19)28-13-17-12-16(4-5-20(17)27)14-30-8-10-35-11-9-30/h1-5,12,28H,6-11,13-15,26H2,(H,29,32,34). The number of morpholine rings is 1. The predicted octanol–water partition coefficient (Wildman–Crippen LogP) is 0.992. The molecular formula is C25H28BFN4O4. The van der Waals surface area contributed by atoms with E-state index in [-0.39, 0.29) is 43.6 Å². The summed E-state index contributed by atoms with van der Waals surface area (Å²) in [6, 6.07) is 10.6. The molecule has 8 nitrogen and oxygen atoms in total. The summed E-state index contributed by atoms with van der Waals surface area (Å²) in [5.74, 6) is -1.31. The molecule has 0 aromatic heterocycles. The Kier molecular flexibility index (Phi) is 6.33. The van der Waals surface area contributed by atoms with Crippen LogP contribution < -0.4 is 10.6 Å². The van der Waals surface area contributed by atoms with Gasteiger partial charge >= 0.3 is 0 Å². The number of carbonyl (C=O) groups excluding carboxylic acids is 3. The minimum atomic E-state index is -1.10. The number of nitrogens with zero attached hydrogens (tertiary/aromatic N) is 2. The molecule has 1 atom stereocenters. The second-order valence-corrected chi connectivity index (χ2v) is 9.54. The van der Waals surface area contributed by atoms with Crippen LogP contribution in [-0.2, 0) is 34.0 Å². The molecule has 2 aromatic carbocycles. The van der Waals surface area contributed by atoms with Crippen molar-refractivity contribution in [3.8, 4) is 0 Å². The molecule has 5 rings (SSSR count). The van der Waals surface area contributed by atoms with E-state index in [4.69, 9.17) is 4.74 Å². The van der Waals surface area contributed by atoms with E-state index < -0.39 is 11.3 Å². The molecule has 0 aliphatic carbocycles. The molecule has 0 saturated carbocycles. The maximum atomic E-state index is 14.6. The Morgan fingerprint density at radius 2 is 1.94 bits per heavy atom. The molecule has 2 saturated heterocycles. The van der Waals surface area contributed by atoms with Gasteiger partial charge in [0.05, 0.1) is 18.7 Å². The molecule has 0 bridgehead atoms. The van der Waals surface area contributed by atoms with Crippen LogP contribution in [0.3, 0.4) is 0 Å². The van der Waals surface area contributed by atoms with Crippen LogP contribution in [0, 0.1) is 5.82 Å². The number of rotatable bonds is 6. The first-order chi connectivity index (χ1) is 16.8. The van der Waals surface area contributed by atoms with Crippen molar-refractivity contribution in [1.82, 2.24) is 15.1 Å². The number of fused-ring (bicyclic) bond motifs is 1. The van der Waals surface area contributed by atoms with Gasteiger partial charge in [0.25, 0.3) is 5.91 Å². The normalized spacial score (nSPS) is 22.8. The van der Waals surface area contributed by atoms with E-state index >= 15 is 0 Å². The lowest BCUT2D eigenvalue weighted by Gasteiger charge is -2.40. The summed E-state index contributed by atoms with van der Waals surface area (Å²) in [5.41, 5.74) is 2.51. The molecule has 1 unspecified atom stereocenters. The smallest absolute Gasteiger partial charge is 0.254 e. The zero-order valence-electron chi connectivity index (χ0n) is 19.7. The van der Waals surface area contributed by atoms with Crippen molar-refractivity contribution in [2.24, 2.45) is 0 Å². The van der Waals surface area contributed by atoms with Crippen LogP contribution >= 0.6 is 0 Å². The van der Waals surface area contributed by atoms with Crippen LogP contribution in [0.4, 0.5) is 10.1 Å². The fourth-order valence-electron chi connectivity index (χ4n) is 5.02. The molecule has 35 heavy (non-hydrogen) atoms. The molecule has 3 amide bonds. The zero-order chi connectivity index (χ0) is 24.6. The number of piperidine rings is 1. The van der Waals surface area contributed by atoms with Crippen molar-refractivity contribution in [2.45, 2.75) is 37.9 Å². The second-order valence-electron chi connectivity index (χ2n) is 9.54. The van der Waals surface area contributed by atoms with Gasteiger partial charge in [-0.3, -0.25) is 24.6 Å². The zero-order valence-corrected chi connectivity index (χ0v) is 19.7. The lowest BCUT2D eigenvalue weighted by molar-refractivity contribution is -0.138. The Balaban J connectivity index is 1.32. The first-order valence-corrected chi connectivity index (χ1v) is 11.9. The van der Waals surface area contributed by atoms with Gasteiger partial charge in [-0.15, -0.1) is 0 Å². The molecule has 2 aromatic rings. The SMILES string of the molecule is BC1(N2Cc3c(NCc4cc(CN5CCOCC5)ccc4F)cccc3C2=O)CCC(=O)NC1=O. The maximum Gasteiger partial charge on any atom is 0.254 e. The Hall–Kier alpha value is -3.24. The molecule has 3 heterocycles. The third-order valence-corrected chi connectivity index (χ3v) is 7.23. The highest BCUT2D eigenvalue weighted by atomic mass is 19.1. The summed E-state index contributed by atoms with van der Waals surface area (Å²) in [6.45, 7) is 4.38. The summed E-state index contributed by atoms with van der Waals surface area (Å²) in [5, 5.41) is 5.66. The van der Waals surface area contributed by atoms with Crippen molar-refractivity contribution >= 4 is 31.3 Å². The highest BCUT2D eigenvalue weighted by Gasteiger charge is 2.48. The van der Waals surface area contributed by atoms with Gasteiger partial charge in [-0.25, -0.2) is 4.39 Å². The van der Waals surface area contributed by atoms with Gasteiger partial charge in [0, 0.05) is 61.5 Å². The van der Waals surface area contributed by atoms with Gasteiger partial charge < -0.3 is 15.0 Å². The van der Waals surface area contributed by atoms with E-state index in [2.05, 4.69) is 15.5 Å². The van der Waals surface area contributed by atoms with Crippen LogP contribution in [0.1, 0.15) is 39.9 Å². The number of hydrogen-bond donors (Lipinski definition) is 2. The average molecular weight is 478 g/mol. The van der Waals surface area contributed by atoms with Gasteiger partial charge in [-0.05, 0) is 36.2 Å². The van der Waals surface area contributed by atoms with Crippen molar-refractivity contribution < 1.29 is 23.5 Å². The predicted molar refractivity (Wildman–Crippen MR) is 130 cm³/mol. The fourth-order valence-corrected chi connectivity index (χ4v) is 5.02. The topological polar surface area (TPSA) is 91.0 Å². The summed E-state index contributed by atoms with van der Waals surface area (Å²) >= 11 is 0. The highest BCUT2D eigenvalue weighted by molar-refractivity contribution is 6.32. The Labute approximate surface area is 204 Å². The van der Waals surface area contributed by atoms with Gasteiger partial charge in [0.15, 0.2) is 0 Å². The molecule has 2 fully saturated rings. The monoisotopic (exact) mass is 478 g/mol. The number of anilines is 1. The minimum Gasteiger partial charge on any atom is -0.381 e. The van der Waals surface area contributed by atoms with Crippen LogP contribution in [0.2, 0.25) is 0 Å². The first-order valence-electron chi connectivity index (χ1n) is 11.9. The van der Waals surface area contributed by atoms with Crippen molar-refractivity contribution in [1.29, 1.82) is 0 Å². The van der Waals surface area contributed by atoms with E-state index in [0.717, 1.165) is 36.4 Å². The first kappa shape index (κ1) is 23.5. The molecule has 0 radical (unpaired) electrons. The van der Waals surface area contributed by atoms with Gasteiger partial charge in [0.1, 0.15) is 13.7 Å². The Morgan fingerprint density at radius 1 is 1.14 bits per heavy atom. The van der Waals surface area contributed by atoms with Crippen LogP contribution in [0.25, 0.3) is 0 Å². The van der Waals surface area contributed by atoms with Crippen LogP contribution in [0.5, 0.6) is 0 Å². The third kappa shape index (κ3) is 4.55. The van der Waals surface area contributed by atoms with E-state index in [1.165, 1.54) is 11.0 Å². The van der Waals surface area contributed by atoms with Gasteiger partial charge in [0.2, 0.25) is 11.8 Å². The summed E-state index contributed by atoms with van der Waals surface area (Å²) < 4.78 is 20.0. The molecule has 2 N–H and O–H groups in total. The summed E-state index contributed by atoms with van der Waals surface area (Å²) in [7, 11) is 1.70. The van der Waals surface area contributed by atoms with E-state index in [0.29, 0.717) is 24.3 Å². The van der Waals surface area contributed by atoms with Crippen molar-refractivity contribution in [3.63, 3.8) is 0 Å². The van der Waals surface area contributed by atoms with E-state index in [1.54, 1.807) is 20.0 Å². The molecule has 0 spiro atoms. The largest absolute Gasteiger partial charge is 0.381 e. The molecule has 3 aliphatic rings. The molecule has 182 valence electrons. The third-order valence-electron chi connectivity index (χ3n) is 7.23. The van der Waals surface area contributed by atoms with Crippen LogP contribution in [-0.4, -0.2) is 67.1 Å². The molecule has 3 aliphatic heterocycles. The lowest BCUT2D eigenvalue weighted by Crippen LogP contribution is -2.63. The average Bonchev–Trinajstić information content (AvgIpc) is 3.20. The van der Waals surface area contributed by atoms with E-state index in [9.17, 15) is 18.8 Å². The number of ether oxygens (including phenoxy) is 1. The Morgan fingerprint density at radius 3 is 2.71 bits per heavy atom. The number of amides is 3. The number of benzene rings is 2. The number of halogens is 1. The fraction of sp³-hybridized carbons (Fsp3) is 0.400. The lowest BCUT2D eigenvalue weighted by atomic mass is 9.70. The van der Waals surface area contributed by atoms with Gasteiger partial charge in [-0.1, -0.05) is 12.1 Å². The van der Waals surface area contributed by atoms with Crippen LogP contribution in [0.15, 0.2) is 36.4 Å². The second kappa shape index (κ2) is 9.43. The van der Waals surface area contributed by atoms with Gasteiger partial charge in [-0.2, -0.15) is 0 Å². The van der Waals surface area contributed by atoms with E-state index in [1.807, 2.05) is 18.2 Å². The Bertz CT molecular complexity index is 1190. The summed E-state index contributed by atoms with van der Waals surface area (Å²) in [6.07, 6.45) is 0.467. The quantitative estimate of drug-likeness (QED) is 0.476. The molecule has 10 heteroatoms. The van der Waals surface area contributed by atoms with Crippen molar-refractivity contribution in [2.75, 3.05) is 31.6 Å². The maximum absolute atomic E-state index is 14.6. The minimum absolute atomic E-state index is 0.188. The number of nitrogens with one attached hydrogen (secondary N) is 2. The van der Waals surface area contributed by atoms with Crippen molar-refractivity contribution in [3.05, 3.63) is 64.5 Å². The number of carbonyl (C=O) groups is 3. The highest BCUT2D eigenvalue weighted by Crippen LogP contribution is 2.36. The molecular weight excluding hydrogens is 450 g/mol.